The molecule has 2 saturated carbocycles. The standard InChI is InChI=1S/C15H26O2Si/c1-13(15-10-5-3-4-6-11-15)17-18(2)16-12-14-8-7-9-14/h14-15H,1-12H2. The highest BCUT2D eigenvalue weighted by molar-refractivity contribution is 6.49. The van der Waals surface area contributed by atoms with E-state index in [1.54, 1.807) is 0 Å². The predicted octanol–water partition coefficient (Wildman–Crippen LogP) is 3.81. The van der Waals surface area contributed by atoms with E-state index in [-0.39, 0.29) is 0 Å². The van der Waals surface area contributed by atoms with Crippen LogP contribution in [0, 0.1) is 11.8 Å². The van der Waals surface area contributed by atoms with E-state index in [1.807, 2.05) is 0 Å². The highest BCUT2D eigenvalue weighted by atomic mass is 28.3. The Kier molecular flexibility index (Phi) is 5.48. The van der Waals surface area contributed by atoms with Gasteiger partial charge in [-0.05, 0) is 37.8 Å². The van der Waals surface area contributed by atoms with E-state index in [2.05, 4.69) is 12.8 Å². The van der Waals surface area contributed by atoms with Crippen molar-refractivity contribution < 1.29 is 8.85 Å². The van der Waals surface area contributed by atoms with Gasteiger partial charge in [-0.15, -0.1) is 0 Å². The molecule has 0 aromatic heterocycles. The third kappa shape index (κ3) is 4.27. The Morgan fingerprint density at radius 2 is 1.67 bits per heavy atom. The Labute approximate surface area is 113 Å². The molecule has 0 unspecified atom stereocenters. The van der Waals surface area contributed by atoms with Gasteiger partial charge in [0.25, 0.3) is 0 Å². The predicted molar refractivity (Wildman–Crippen MR) is 77.6 cm³/mol. The van der Waals surface area contributed by atoms with E-state index in [9.17, 15) is 0 Å². The molecular formula is C15H26O2Si. The Balaban J connectivity index is 1.66. The van der Waals surface area contributed by atoms with Crippen molar-refractivity contribution in [3.8, 4) is 0 Å². The summed E-state index contributed by atoms with van der Waals surface area (Å²) in [5.41, 5.74) is 0. The summed E-state index contributed by atoms with van der Waals surface area (Å²) in [5, 5.41) is 0. The van der Waals surface area contributed by atoms with E-state index in [0.29, 0.717) is 5.92 Å². The van der Waals surface area contributed by atoms with Gasteiger partial charge >= 0.3 is 8.90 Å². The molecule has 0 saturated heterocycles. The molecule has 2 aliphatic carbocycles. The van der Waals surface area contributed by atoms with Gasteiger partial charge in [0, 0.05) is 5.92 Å². The maximum absolute atomic E-state index is 5.84. The minimum atomic E-state index is -1.37. The Morgan fingerprint density at radius 3 is 2.22 bits per heavy atom. The summed E-state index contributed by atoms with van der Waals surface area (Å²) in [6, 6.07) is 0. The molecule has 2 aliphatic rings. The van der Waals surface area contributed by atoms with Crippen molar-refractivity contribution in [3.63, 3.8) is 0 Å². The fraction of sp³-hybridized carbons (Fsp3) is 0.800. The lowest BCUT2D eigenvalue weighted by Gasteiger charge is -2.26. The minimum Gasteiger partial charge on any atom is -0.523 e. The maximum atomic E-state index is 5.84. The van der Waals surface area contributed by atoms with Gasteiger partial charge in [-0.1, -0.05) is 38.7 Å². The molecule has 0 radical (unpaired) electrons. The molecule has 0 N–H and O–H groups in total. The lowest BCUT2D eigenvalue weighted by Crippen LogP contribution is -2.23. The first-order chi connectivity index (χ1) is 8.75. The topological polar surface area (TPSA) is 18.5 Å². The molecule has 0 bridgehead atoms. The Morgan fingerprint density at radius 1 is 1.00 bits per heavy atom. The SMILES string of the molecule is C=C(O[Si](=C)OCC1CCC1)C1CCCCCC1. The molecule has 3 heteroatoms. The third-order valence-corrected chi connectivity index (χ3v) is 5.24. The zero-order valence-electron chi connectivity index (χ0n) is 11.5. The smallest absolute Gasteiger partial charge is 0.477 e. The first-order valence-electron chi connectivity index (χ1n) is 7.44. The van der Waals surface area contributed by atoms with Gasteiger partial charge in [0.15, 0.2) is 0 Å². The molecule has 0 spiro atoms. The highest BCUT2D eigenvalue weighted by Gasteiger charge is 2.20. The minimum absolute atomic E-state index is 0.543. The van der Waals surface area contributed by atoms with Crippen LogP contribution in [-0.4, -0.2) is 21.7 Å². The van der Waals surface area contributed by atoms with Crippen molar-refractivity contribution in [2.75, 3.05) is 6.61 Å². The van der Waals surface area contributed by atoms with E-state index < -0.39 is 8.90 Å². The van der Waals surface area contributed by atoms with Crippen molar-refractivity contribution in [2.24, 2.45) is 11.8 Å². The third-order valence-electron chi connectivity index (χ3n) is 4.26. The maximum Gasteiger partial charge on any atom is 0.477 e. The van der Waals surface area contributed by atoms with Crippen molar-refractivity contribution in [1.82, 2.24) is 0 Å². The van der Waals surface area contributed by atoms with E-state index in [0.717, 1.165) is 18.3 Å². The van der Waals surface area contributed by atoms with Crippen LogP contribution < -0.4 is 0 Å². The van der Waals surface area contributed by atoms with Crippen LogP contribution in [0.4, 0.5) is 0 Å². The number of allylic oxidation sites excluding steroid dienone is 1. The van der Waals surface area contributed by atoms with Crippen molar-refractivity contribution in [2.45, 2.75) is 57.8 Å². The van der Waals surface area contributed by atoms with Gasteiger partial charge < -0.3 is 8.85 Å². The summed E-state index contributed by atoms with van der Waals surface area (Å²) in [7, 11) is -1.37. The van der Waals surface area contributed by atoms with Gasteiger partial charge in [-0.25, -0.2) is 0 Å². The fourth-order valence-corrected chi connectivity index (χ4v) is 3.67. The van der Waals surface area contributed by atoms with Crippen LogP contribution in [0.15, 0.2) is 12.3 Å². The van der Waals surface area contributed by atoms with Gasteiger partial charge in [-0.2, -0.15) is 0 Å². The van der Waals surface area contributed by atoms with Crippen LogP contribution in [0.2, 0.25) is 0 Å². The van der Waals surface area contributed by atoms with Crippen LogP contribution in [0.25, 0.3) is 0 Å². The van der Waals surface area contributed by atoms with E-state index in [1.165, 1.54) is 57.8 Å². The molecule has 102 valence electrons. The summed E-state index contributed by atoms with van der Waals surface area (Å²) in [4.78, 5) is 0. The monoisotopic (exact) mass is 266 g/mol. The molecule has 0 aromatic rings. The molecular weight excluding hydrogens is 240 g/mol. The van der Waals surface area contributed by atoms with E-state index in [4.69, 9.17) is 8.85 Å². The zero-order valence-corrected chi connectivity index (χ0v) is 12.5. The normalized spacial score (nSPS) is 21.8. The van der Waals surface area contributed by atoms with Crippen LogP contribution in [0.1, 0.15) is 57.8 Å². The Bertz CT molecular complexity index is 289. The average molecular weight is 266 g/mol. The largest absolute Gasteiger partial charge is 0.523 e. The molecule has 2 fully saturated rings. The molecule has 18 heavy (non-hydrogen) atoms. The molecule has 0 aliphatic heterocycles. The average Bonchev–Trinajstić information content (AvgIpc) is 2.55. The van der Waals surface area contributed by atoms with Crippen LogP contribution in [0.3, 0.4) is 0 Å². The first kappa shape index (κ1) is 13.8. The molecule has 0 amide bonds. The summed E-state index contributed by atoms with van der Waals surface area (Å²) in [6.45, 7) is 4.95. The van der Waals surface area contributed by atoms with Crippen molar-refractivity contribution >= 4 is 15.1 Å². The summed E-state index contributed by atoms with van der Waals surface area (Å²) in [5.74, 6) is 2.25. The molecule has 0 atom stereocenters. The number of hydrogen-bond acceptors (Lipinski definition) is 2. The second-order valence-electron chi connectivity index (χ2n) is 5.74. The molecule has 2 rings (SSSR count). The van der Waals surface area contributed by atoms with E-state index >= 15 is 0 Å². The highest BCUT2D eigenvalue weighted by Crippen LogP contribution is 2.29. The van der Waals surface area contributed by atoms with Gasteiger partial charge in [-0.3, -0.25) is 0 Å². The van der Waals surface area contributed by atoms with Gasteiger partial charge in [0.2, 0.25) is 0 Å². The summed E-state index contributed by atoms with van der Waals surface area (Å²) >= 11 is 0. The van der Waals surface area contributed by atoms with Crippen LogP contribution in [0.5, 0.6) is 0 Å². The van der Waals surface area contributed by atoms with Crippen LogP contribution in [-0.2, 0) is 8.85 Å². The number of rotatable bonds is 6. The Hall–Kier alpha value is -0.573. The zero-order chi connectivity index (χ0) is 12.8. The lowest BCUT2D eigenvalue weighted by atomic mass is 9.86. The molecule has 0 heterocycles. The molecule has 0 aromatic carbocycles. The fourth-order valence-electron chi connectivity index (χ4n) is 2.73. The summed E-state index contributed by atoms with van der Waals surface area (Å²) < 4.78 is 11.6. The lowest BCUT2D eigenvalue weighted by molar-refractivity contribution is 0.155. The quantitative estimate of drug-likeness (QED) is 0.413. The van der Waals surface area contributed by atoms with Crippen molar-refractivity contribution in [3.05, 3.63) is 12.3 Å². The second-order valence-corrected chi connectivity index (χ2v) is 6.97. The molecule has 2 nitrogen and oxygen atoms in total. The second kappa shape index (κ2) is 7.12. The first-order valence-corrected chi connectivity index (χ1v) is 8.96. The summed E-state index contributed by atoms with van der Waals surface area (Å²) in [6.07, 6.45) is 15.8. The van der Waals surface area contributed by atoms with Gasteiger partial charge in [0.1, 0.15) is 0 Å². The van der Waals surface area contributed by atoms with Crippen LogP contribution >= 0.6 is 0 Å². The van der Waals surface area contributed by atoms with Gasteiger partial charge in [0.05, 0.1) is 12.4 Å². The van der Waals surface area contributed by atoms with Crippen molar-refractivity contribution in [1.29, 1.82) is 0 Å². The number of hydrogen-bond donors (Lipinski definition) is 0.